The lowest BCUT2D eigenvalue weighted by molar-refractivity contribution is 0.691. The maximum Gasteiger partial charge on any atom is 0.326 e. The Morgan fingerprint density at radius 1 is 0.840 bits per heavy atom. The number of benzene rings is 3. The molecule has 3 aromatic carbocycles. The van der Waals surface area contributed by atoms with Gasteiger partial charge in [0, 0.05) is 17.9 Å². The van der Waals surface area contributed by atoms with Crippen LogP contribution in [0.15, 0.2) is 83.7 Å². The topological polar surface area (TPSA) is 49.8 Å². The van der Waals surface area contributed by atoms with E-state index in [-0.39, 0.29) is 5.69 Å². The molecule has 1 aromatic heterocycles. The van der Waals surface area contributed by atoms with Gasteiger partial charge in [0.2, 0.25) is 0 Å². The Kier molecular flexibility index (Phi) is 4.09. The van der Waals surface area contributed by atoms with Crippen LogP contribution in [0.1, 0.15) is 5.56 Å². The Morgan fingerprint density at radius 2 is 1.56 bits per heavy atom. The zero-order valence-electron chi connectivity index (χ0n) is 13.8. The Hall–Kier alpha value is -3.27. The fourth-order valence-electron chi connectivity index (χ4n) is 3.04. The van der Waals surface area contributed by atoms with Gasteiger partial charge in [-0.3, -0.25) is 4.57 Å². The van der Waals surface area contributed by atoms with E-state index >= 15 is 0 Å². The highest BCUT2D eigenvalue weighted by Crippen LogP contribution is 2.20. The summed E-state index contributed by atoms with van der Waals surface area (Å²) in [7, 11) is 0. The molecule has 25 heavy (non-hydrogen) atoms. The van der Waals surface area contributed by atoms with Crippen LogP contribution in [0.25, 0.3) is 11.0 Å². The normalized spacial score (nSPS) is 10.9. The molecule has 4 nitrogen and oxygen atoms in total. The highest BCUT2D eigenvalue weighted by molar-refractivity contribution is 5.80. The zero-order valence-corrected chi connectivity index (χ0v) is 13.8. The summed E-state index contributed by atoms with van der Waals surface area (Å²) < 4.78 is 1.80. The van der Waals surface area contributed by atoms with Crippen LogP contribution < -0.4 is 11.0 Å². The summed E-state index contributed by atoms with van der Waals surface area (Å²) in [6.07, 6.45) is 0.831. The largest absolute Gasteiger partial charge is 0.355 e. The predicted octanol–water partition coefficient (Wildman–Crippen LogP) is 4.32. The summed E-state index contributed by atoms with van der Waals surface area (Å²) in [4.78, 5) is 15.3. The molecule has 124 valence electrons. The number of para-hydroxylation sites is 1. The summed E-state index contributed by atoms with van der Waals surface area (Å²) in [6, 6.07) is 26.2. The van der Waals surface area contributed by atoms with Gasteiger partial charge in [0.1, 0.15) is 0 Å². The van der Waals surface area contributed by atoms with Crippen molar-refractivity contribution in [1.29, 1.82) is 0 Å². The van der Waals surface area contributed by atoms with E-state index in [9.17, 15) is 4.79 Å². The van der Waals surface area contributed by atoms with Crippen molar-refractivity contribution in [2.24, 2.45) is 0 Å². The highest BCUT2D eigenvalue weighted by Gasteiger charge is 2.07. The highest BCUT2D eigenvalue weighted by atomic mass is 16.1. The minimum Gasteiger partial charge on any atom is -0.355 e. The van der Waals surface area contributed by atoms with Gasteiger partial charge < -0.3 is 10.3 Å². The van der Waals surface area contributed by atoms with Crippen LogP contribution in [0.4, 0.5) is 11.4 Å². The molecule has 0 aliphatic heterocycles. The van der Waals surface area contributed by atoms with Crippen LogP contribution in [-0.4, -0.2) is 9.55 Å². The van der Waals surface area contributed by atoms with Gasteiger partial charge in [0.05, 0.1) is 11.0 Å². The van der Waals surface area contributed by atoms with Crippen molar-refractivity contribution < 1.29 is 0 Å². The second-order valence-electron chi connectivity index (χ2n) is 6.04. The van der Waals surface area contributed by atoms with Crippen LogP contribution in [0.2, 0.25) is 0 Å². The first-order chi connectivity index (χ1) is 12.3. The Balaban J connectivity index is 1.59. The number of H-pyrrole nitrogens is 1. The molecule has 0 saturated carbocycles. The lowest BCUT2D eigenvalue weighted by Crippen LogP contribution is -2.17. The molecule has 0 spiro atoms. The second-order valence-corrected chi connectivity index (χ2v) is 6.04. The molecule has 0 aliphatic carbocycles. The third-order valence-corrected chi connectivity index (χ3v) is 4.30. The Morgan fingerprint density at radius 3 is 2.32 bits per heavy atom. The van der Waals surface area contributed by atoms with Gasteiger partial charge in [-0.1, -0.05) is 48.5 Å². The van der Waals surface area contributed by atoms with Gasteiger partial charge in [0.15, 0.2) is 0 Å². The zero-order chi connectivity index (χ0) is 17.1. The molecule has 0 aliphatic rings. The van der Waals surface area contributed by atoms with Gasteiger partial charge in [0.25, 0.3) is 0 Å². The van der Waals surface area contributed by atoms with E-state index in [1.165, 1.54) is 5.56 Å². The third kappa shape index (κ3) is 3.33. The lowest BCUT2D eigenvalue weighted by Gasteiger charge is -2.07. The Bertz CT molecular complexity index is 1030. The van der Waals surface area contributed by atoms with Crippen molar-refractivity contribution in [3.63, 3.8) is 0 Å². The van der Waals surface area contributed by atoms with Gasteiger partial charge in [-0.15, -0.1) is 0 Å². The van der Waals surface area contributed by atoms with Crippen molar-refractivity contribution in [2.45, 2.75) is 13.0 Å². The molecule has 4 rings (SSSR count). The van der Waals surface area contributed by atoms with E-state index in [0.29, 0.717) is 6.54 Å². The van der Waals surface area contributed by atoms with Crippen molar-refractivity contribution in [1.82, 2.24) is 9.55 Å². The van der Waals surface area contributed by atoms with E-state index in [1.54, 1.807) is 4.57 Å². The van der Waals surface area contributed by atoms with E-state index in [0.717, 1.165) is 28.8 Å². The second kappa shape index (κ2) is 6.69. The molecule has 0 bridgehead atoms. The number of rotatable bonds is 5. The summed E-state index contributed by atoms with van der Waals surface area (Å²) in [6.45, 7) is 0.661. The molecule has 2 N–H and O–H groups in total. The van der Waals surface area contributed by atoms with E-state index in [2.05, 4.69) is 22.4 Å². The predicted molar refractivity (Wildman–Crippen MR) is 102 cm³/mol. The molecular weight excluding hydrogens is 310 g/mol. The summed E-state index contributed by atoms with van der Waals surface area (Å²) in [5.41, 5.74) is 4.91. The molecule has 0 unspecified atom stereocenters. The monoisotopic (exact) mass is 329 g/mol. The first-order valence-electron chi connectivity index (χ1n) is 8.38. The first kappa shape index (κ1) is 15.3. The fourth-order valence-corrected chi connectivity index (χ4v) is 3.04. The number of nitrogens with one attached hydrogen (secondary N) is 2. The average molecular weight is 329 g/mol. The van der Waals surface area contributed by atoms with Crippen LogP contribution in [0.5, 0.6) is 0 Å². The lowest BCUT2D eigenvalue weighted by atomic mass is 10.1. The van der Waals surface area contributed by atoms with Crippen LogP contribution in [0.3, 0.4) is 0 Å². The van der Waals surface area contributed by atoms with E-state index in [4.69, 9.17) is 0 Å². The molecule has 0 saturated heterocycles. The molecule has 0 radical (unpaired) electrons. The average Bonchev–Trinajstić information content (AvgIpc) is 2.96. The van der Waals surface area contributed by atoms with Crippen molar-refractivity contribution in [2.75, 3.05) is 5.32 Å². The fraction of sp³-hybridized carbons (Fsp3) is 0.0952. The molecule has 0 amide bonds. The molecule has 4 aromatic rings. The van der Waals surface area contributed by atoms with Gasteiger partial charge in [-0.2, -0.15) is 0 Å². The molecule has 4 heteroatoms. The Labute approximate surface area is 145 Å². The maximum atomic E-state index is 12.3. The SMILES string of the molecule is O=c1[nH]c2cc(Nc3ccccc3)ccc2n1CCc1ccccc1. The van der Waals surface area contributed by atoms with Gasteiger partial charge in [-0.05, 0) is 42.3 Å². The van der Waals surface area contributed by atoms with Crippen LogP contribution in [-0.2, 0) is 13.0 Å². The van der Waals surface area contributed by atoms with Gasteiger partial charge in [-0.25, -0.2) is 4.79 Å². The summed E-state index contributed by atoms with van der Waals surface area (Å²) in [5, 5.41) is 3.35. The minimum atomic E-state index is -0.0669. The number of aromatic amines is 1. The number of aryl methyl sites for hydroxylation is 2. The first-order valence-corrected chi connectivity index (χ1v) is 8.38. The molecule has 0 fully saturated rings. The number of fused-ring (bicyclic) bond motifs is 1. The quantitative estimate of drug-likeness (QED) is 0.573. The third-order valence-electron chi connectivity index (χ3n) is 4.30. The van der Waals surface area contributed by atoms with E-state index in [1.807, 2.05) is 66.7 Å². The summed E-state index contributed by atoms with van der Waals surface area (Å²) in [5.74, 6) is 0. The number of imidazole rings is 1. The smallest absolute Gasteiger partial charge is 0.326 e. The minimum absolute atomic E-state index is 0.0669. The molecule has 1 heterocycles. The van der Waals surface area contributed by atoms with Crippen LogP contribution in [0, 0.1) is 0 Å². The van der Waals surface area contributed by atoms with Crippen molar-refractivity contribution in [3.8, 4) is 0 Å². The molecular formula is C21H19N3O. The number of hydrogen-bond donors (Lipinski definition) is 2. The number of aromatic nitrogens is 2. The van der Waals surface area contributed by atoms with Crippen molar-refractivity contribution >= 4 is 22.4 Å². The summed E-state index contributed by atoms with van der Waals surface area (Å²) >= 11 is 0. The number of hydrogen-bond acceptors (Lipinski definition) is 2. The molecule has 0 atom stereocenters. The van der Waals surface area contributed by atoms with Crippen molar-refractivity contribution in [3.05, 3.63) is 94.9 Å². The standard InChI is InChI=1S/C21H19N3O/c25-21-23-19-15-18(22-17-9-5-2-6-10-17)11-12-20(19)24(21)14-13-16-7-3-1-4-8-16/h1-12,15,22H,13-14H2,(H,23,25). The number of nitrogens with zero attached hydrogens (tertiary/aromatic N) is 1. The van der Waals surface area contributed by atoms with Crippen LogP contribution >= 0.6 is 0 Å². The number of anilines is 2. The van der Waals surface area contributed by atoms with E-state index < -0.39 is 0 Å². The van der Waals surface area contributed by atoms with Gasteiger partial charge >= 0.3 is 5.69 Å². The maximum absolute atomic E-state index is 12.3.